The topological polar surface area (TPSA) is 131 Å². The van der Waals surface area contributed by atoms with Gasteiger partial charge in [-0.1, -0.05) is 74.7 Å². The van der Waals surface area contributed by atoms with Crippen molar-refractivity contribution in [2.45, 2.75) is 220 Å². The number of fused-ring (bicyclic) bond motifs is 5. The van der Waals surface area contributed by atoms with E-state index in [-0.39, 0.29) is 41.2 Å². The summed E-state index contributed by atoms with van der Waals surface area (Å²) in [5.74, 6) is 3.50. The van der Waals surface area contributed by atoms with Gasteiger partial charge in [0.1, 0.15) is 30.6 Å². The van der Waals surface area contributed by atoms with Crippen molar-refractivity contribution in [2.24, 2.45) is 46.3 Å². The van der Waals surface area contributed by atoms with Gasteiger partial charge in [-0.05, 0) is 131 Å². The maximum atomic E-state index is 13.2. The van der Waals surface area contributed by atoms with E-state index < -0.39 is 52.1 Å². The molecule has 1 aromatic rings. The summed E-state index contributed by atoms with van der Waals surface area (Å²) in [7, 11) is -3.96. The highest BCUT2D eigenvalue weighted by Gasteiger charge is 2.72. The number of rotatable bonds is 14. The highest BCUT2D eigenvalue weighted by Crippen LogP contribution is 2.74. The van der Waals surface area contributed by atoms with Gasteiger partial charge in [-0.15, -0.1) is 0 Å². The van der Waals surface area contributed by atoms with Crippen LogP contribution in [0.25, 0.3) is 0 Å². The molecule has 2 saturated heterocycles. The maximum absolute atomic E-state index is 13.2. The molecule has 0 radical (unpaired) electrons. The van der Waals surface area contributed by atoms with Crippen LogP contribution in [0.4, 0.5) is 0 Å². The Kier molecular flexibility index (Phi) is 14.1. The summed E-state index contributed by atoms with van der Waals surface area (Å²) >= 11 is 0. The standard InChI is InChI=1S/C48H82N3O9PSi/c1-29(2)16-15-17-31(5)36-18-19-37-35-24-41(56-33(7)52)48-26-34(20-23-47(48,12)38(35)21-22-46(36,37)11)51(30(3)4)61(59-48)58-39-25-42(50-27-32(6)43(53)49-44(50)54)57-40(39)28-55-60-62(13,14)45(8,9)10/h27,29-31,34-42H,15-26,28H2,1-14H3,(H,49,53,54)/t31-,34-,35+,36-,37+,38+,39+,40-,41-,42-,46-,47-,48+,61?/m1/s1. The van der Waals surface area contributed by atoms with Gasteiger partial charge >= 0.3 is 11.7 Å². The molecule has 14 atom stereocenters. The molecule has 12 nitrogen and oxygen atoms in total. The Hall–Kier alpha value is -1.44. The average molecular weight is 904 g/mol. The fraction of sp³-hybridized carbons (Fsp3) is 0.896. The molecule has 62 heavy (non-hydrogen) atoms. The molecular formula is C48H82N3O9PSi. The van der Waals surface area contributed by atoms with Gasteiger partial charge in [0, 0.05) is 42.6 Å². The first-order valence-corrected chi connectivity index (χ1v) is 28.4. The highest BCUT2D eigenvalue weighted by atomic mass is 31.2. The second-order valence-corrected chi connectivity index (χ2v) is 29.4. The van der Waals surface area contributed by atoms with Gasteiger partial charge in [-0.25, -0.2) is 14.4 Å². The van der Waals surface area contributed by atoms with E-state index in [9.17, 15) is 14.4 Å². The van der Waals surface area contributed by atoms with Crippen molar-refractivity contribution in [3.8, 4) is 0 Å². The molecular weight excluding hydrogens is 822 g/mol. The molecule has 1 aromatic heterocycles. The molecule has 7 rings (SSSR count). The second-order valence-electron chi connectivity index (χ2n) is 23.4. The summed E-state index contributed by atoms with van der Waals surface area (Å²) in [5, 5.41) is -0.0666. The fourth-order valence-corrected chi connectivity index (χ4v) is 16.3. The third-order valence-electron chi connectivity index (χ3n) is 17.8. The van der Waals surface area contributed by atoms with E-state index in [1.807, 2.05) is 0 Å². The zero-order valence-electron chi connectivity index (χ0n) is 40.7. The number of hydrogen-bond acceptors (Lipinski definition) is 10. The number of aromatic nitrogens is 2. The summed E-state index contributed by atoms with van der Waals surface area (Å²) in [4.78, 5) is 47.3. The van der Waals surface area contributed by atoms with Gasteiger partial charge in [0.15, 0.2) is 0 Å². The number of hydrogen-bond donors (Lipinski definition) is 1. The molecule has 1 N–H and O–H groups in total. The number of aromatic amines is 1. The fourth-order valence-electron chi connectivity index (χ4n) is 13.4. The molecule has 0 aromatic carbocycles. The van der Waals surface area contributed by atoms with E-state index in [0.717, 1.165) is 37.5 Å². The first-order chi connectivity index (χ1) is 28.9. The number of nitrogens with zero attached hydrogens (tertiary/aromatic N) is 2. The minimum atomic E-state index is -2.27. The van der Waals surface area contributed by atoms with Crippen molar-refractivity contribution < 1.29 is 32.8 Å². The number of aryl methyl sites for hydroxylation is 1. The summed E-state index contributed by atoms with van der Waals surface area (Å²) in [6.45, 7) is 30.8. The molecule has 1 spiro atoms. The maximum Gasteiger partial charge on any atom is 0.330 e. The molecule has 2 aliphatic heterocycles. The third-order valence-corrected chi connectivity index (χ3v) is 24.0. The first kappa shape index (κ1) is 48.5. The van der Waals surface area contributed by atoms with Crippen molar-refractivity contribution in [1.82, 2.24) is 14.2 Å². The molecule has 6 aliphatic rings. The van der Waals surface area contributed by atoms with E-state index in [0.29, 0.717) is 41.1 Å². The lowest BCUT2D eigenvalue weighted by molar-refractivity contribution is -0.267. The summed E-state index contributed by atoms with van der Waals surface area (Å²) in [5.41, 5.74) is -1.15. The van der Waals surface area contributed by atoms with Crippen LogP contribution >= 0.6 is 8.53 Å². The van der Waals surface area contributed by atoms with Crippen LogP contribution in [-0.2, 0) is 32.8 Å². The predicted molar refractivity (Wildman–Crippen MR) is 246 cm³/mol. The van der Waals surface area contributed by atoms with E-state index in [2.05, 4.69) is 92.0 Å². The average Bonchev–Trinajstić information content (AvgIpc) is 3.73. The van der Waals surface area contributed by atoms with Gasteiger partial charge in [-0.3, -0.25) is 23.7 Å². The van der Waals surface area contributed by atoms with Crippen LogP contribution < -0.4 is 11.2 Å². The number of carbonyl (C=O) groups excluding carboxylic acids is 1. The molecule has 0 amide bonds. The van der Waals surface area contributed by atoms with E-state index in [1.54, 1.807) is 20.0 Å². The van der Waals surface area contributed by atoms with Crippen LogP contribution in [0.1, 0.15) is 165 Å². The second kappa shape index (κ2) is 18.0. The Labute approximate surface area is 374 Å². The number of carbonyl (C=O) groups is 1. The number of esters is 1. The van der Waals surface area contributed by atoms with Crippen molar-refractivity contribution >= 4 is 22.8 Å². The zero-order valence-corrected chi connectivity index (χ0v) is 42.6. The molecule has 1 unspecified atom stereocenters. The Morgan fingerprint density at radius 3 is 2.40 bits per heavy atom. The predicted octanol–water partition coefficient (Wildman–Crippen LogP) is 10.6. The van der Waals surface area contributed by atoms with Crippen molar-refractivity contribution in [3.63, 3.8) is 0 Å². The minimum absolute atomic E-state index is 0.0666. The highest BCUT2D eigenvalue weighted by molar-refractivity contribution is 7.44. The monoisotopic (exact) mass is 904 g/mol. The number of nitrogens with one attached hydrogen (secondary N) is 1. The normalized spacial score (nSPS) is 39.1. The van der Waals surface area contributed by atoms with E-state index in [1.165, 1.54) is 49.5 Å². The molecule has 14 heteroatoms. The van der Waals surface area contributed by atoms with Crippen LogP contribution in [0.5, 0.6) is 0 Å². The van der Waals surface area contributed by atoms with Crippen LogP contribution in [0, 0.1) is 53.3 Å². The quantitative estimate of drug-likeness (QED) is 0.0633. The van der Waals surface area contributed by atoms with Crippen LogP contribution in [0.15, 0.2) is 15.8 Å². The summed E-state index contributed by atoms with van der Waals surface area (Å²) in [6, 6.07) is 0.317. The van der Waals surface area contributed by atoms with Crippen LogP contribution in [-0.4, -0.2) is 71.1 Å². The van der Waals surface area contributed by atoms with Crippen LogP contribution in [0.3, 0.4) is 0 Å². The van der Waals surface area contributed by atoms with Gasteiger partial charge in [0.05, 0.1) is 6.10 Å². The molecule has 2 bridgehead atoms. The van der Waals surface area contributed by atoms with Crippen molar-refractivity contribution in [2.75, 3.05) is 6.61 Å². The number of ether oxygens (including phenoxy) is 2. The van der Waals surface area contributed by atoms with E-state index >= 15 is 0 Å². The lowest BCUT2D eigenvalue weighted by atomic mass is 9.42. The summed E-state index contributed by atoms with van der Waals surface area (Å²) < 4.78 is 38.3. The van der Waals surface area contributed by atoms with Crippen molar-refractivity contribution in [1.29, 1.82) is 0 Å². The molecule has 6 fully saturated rings. The Balaban J connectivity index is 1.19. The van der Waals surface area contributed by atoms with Gasteiger partial charge in [0.25, 0.3) is 14.1 Å². The third kappa shape index (κ3) is 8.79. The Bertz CT molecular complexity index is 1880. The van der Waals surface area contributed by atoms with Crippen LogP contribution in [0.2, 0.25) is 18.1 Å². The lowest BCUT2D eigenvalue weighted by Crippen LogP contribution is -2.72. The zero-order chi connectivity index (χ0) is 45.3. The Morgan fingerprint density at radius 1 is 1.02 bits per heavy atom. The molecule has 4 saturated carbocycles. The Morgan fingerprint density at radius 2 is 1.74 bits per heavy atom. The number of H-pyrrole nitrogens is 1. The van der Waals surface area contributed by atoms with Crippen molar-refractivity contribution in [3.05, 3.63) is 32.6 Å². The lowest BCUT2D eigenvalue weighted by Gasteiger charge is -2.70. The SMILES string of the molecule is CC(=O)O[C@@H]1C[C@H]2[C@@H]3CC[C@H]([C@H](C)CCCC(C)C)[C@@]3(C)CC[C@@H]2[C@@]2(C)CC[C@@H]3C[C@]12OP(O[C@H]1C[C@H](n2cc(C)c(=O)[nH]c2=O)O[C@@H]1COO[Si](C)(C)C(C)(C)C)N3C(C)C. The largest absolute Gasteiger partial charge is 0.459 e. The molecule has 3 heterocycles. The van der Waals surface area contributed by atoms with Gasteiger partial charge < -0.3 is 18.5 Å². The molecule has 4 aliphatic carbocycles. The molecule has 352 valence electrons. The van der Waals surface area contributed by atoms with Gasteiger partial charge in [-0.2, -0.15) is 0 Å². The minimum Gasteiger partial charge on any atom is -0.459 e. The first-order valence-electron chi connectivity index (χ1n) is 24.3. The van der Waals surface area contributed by atoms with E-state index in [4.69, 9.17) is 28.0 Å². The smallest absolute Gasteiger partial charge is 0.330 e. The summed E-state index contributed by atoms with van der Waals surface area (Å²) in [6.07, 6.45) is 12.3. The van der Waals surface area contributed by atoms with Gasteiger partial charge in [0.2, 0.25) is 8.32 Å².